The molecule has 0 bridgehead atoms. The summed E-state index contributed by atoms with van der Waals surface area (Å²) in [6.45, 7) is 1.15. The SMILES string of the molecule is O=C(Nc1cc(C2OCCCO2)ccc1O)c1cc2ccccc2oc1=O. The Hall–Kier alpha value is -3.16. The predicted octanol–water partition coefficient (Wildman–Crippen LogP) is 3.19. The van der Waals surface area contributed by atoms with Gasteiger partial charge in [-0.05, 0) is 30.7 Å². The van der Waals surface area contributed by atoms with E-state index in [-0.39, 0.29) is 17.0 Å². The van der Waals surface area contributed by atoms with E-state index in [9.17, 15) is 14.7 Å². The van der Waals surface area contributed by atoms with Crippen molar-refractivity contribution in [2.75, 3.05) is 18.5 Å². The second-order valence-electron chi connectivity index (χ2n) is 6.14. The first-order chi connectivity index (χ1) is 13.1. The van der Waals surface area contributed by atoms with Gasteiger partial charge in [-0.15, -0.1) is 0 Å². The van der Waals surface area contributed by atoms with Gasteiger partial charge in [-0.25, -0.2) is 4.79 Å². The fourth-order valence-corrected chi connectivity index (χ4v) is 2.89. The minimum Gasteiger partial charge on any atom is -0.506 e. The number of benzene rings is 2. The van der Waals surface area contributed by atoms with Crippen LogP contribution in [0.1, 0.15) is 28.6 Å². The highest BCUT2D eigenvalue weighted by molar-refractivity contribution is 6.06. The summed E-state index contributed by atoms with van der Waals surface area (Å²) in [4.78, 5) is 24.7. The number of aromatic hydroxyl groups is 1. The molecule has 4 rings (SSSR count). The number of carbonyl (C=O) groups excluding carboxylic acids is 1. The molecule has 3 aromatic rings. The number of para-hydroxylation sites is 1. The molecule has 1 amide bonds. The molecular formula is C20H17NO6. The summed E-state index contributed by atoms with van der Waals surface area (Å²) < 4.78 is 16.3. The second-order valence-corrected chi connectivity index (χ2v) is 6.14. The largest absolute Gasteiger partial charge is 0.506 e. The molecular weight excluding hydrogens is 350 g/mol. The number of hydrogen-bond donors (Lipinski definition) is 2. The van der Waals surface area contributed by atoms with Crippen molar-refractivity contribution < 1.29 is 23.8 Å². The molecule has 0 radical (unpaired) electrons. The average molecular weight is 367 g/mol. The van der Waals surface area contributed by atoms with Crippen LogP contribution in [0, 0.1) is 0 Å². The molecule has 0 spiro atoms. The van der Waals surface area contributed by atoms with Gasteiger partial charge < -0.3 is 24.3 Å². The van der Waals surface area contributed by atoms with E-state index in [4.69, 9.17) is 13.9 Å². The Morgan fingerprint density at radius 3 is 2.67 bits per heavy atom. The third kappa shape index (κ3) is 3.55. The van der Waals surface area contributed by atoms with Crippen LogP contribution in [0.2, 0.25) is 0 Å². The first-order valence-electron chi connectivity index (χ1n) is 8.52. The zero-order valence-corrected chi connectivity index (χ0v) is 14.3. The van der Waals surface area contributed by atoms with Crippen LogP contribution >= 0.6 is 0 Å². The van der Waals surface area contributed by atoms with E-state index in [1.807, 2.05) is 0 Å². The van der Waals surface area contributed by atoms with Crippen LogP contribution in [0.3, 0.4) is 0 Å². The van der Waals surface area contributed by atoms with Crippen molar-refractivity contribution in [1.29, 1.82) is 0 Å². The summed E-state index contributed by atoms with van der Waals surface area (Å²) in [6, 6.07) is 13.0. The normalized spacial score (nSPS) is 15.0. The van der Waals surface area contributed by atoms with Crippen LogP contribution in [-0.4, -0.2) is 24.2 Å². The first-order valence-corrected chi connectivity index (χ1v) is 8.52. The molecule has 2 N–H and O–H groups in total. The van der Waals surface area contributed by atoms with E-state index in [2.05, 4.69) is 5.32 Å². The zero-order valence-electron chi connectivity index (χ0n) is 14.3. The maximum atomic E-state index is 12.6. The topological polar surface area (TPSA) is 98.0 Å². The van der Waals surface area contributed by atoms with Crippen LogP contribution in [0.4, 0.5) is 5.69 Å². The lowest BCUT2D eigenvalue weighted by molar-refractivity contribution is -0.183. The predicted molar refractivity (Wildman–Crippen MR) is 97.8 cm³/mol. The number of ether oxygens (including phenoxy) is 2. The average Bonchev–Trinajstić information content (AvgIpc) is 2.69. The lowest BCUT2D eigenvalue weighted by Gasteiger charge is -2.24. The van der Waals surface area contributed by atoms with E-state index in [0.29, 0.717) is 29.7 Å². The van der Waals surface area contributed by atoms with Crippen LogP contribution in [-0.2, 0) is 9.47 Å². The number of anilines is 1. The van der Waals surface area contributed by atoms with Gasteiger partial charge in [0.1, 0.15) is 16.9 Å². The Balaban J connectivity index is 1.63. The lowest BCUT2D eigenvalue weighted by atomic mass is 10.1. The molecule has 1 fully saturated rings. The van der Waals surface area contributed by atoms with Gasteiger partial charge in [0.05, 0.1) is 18.9 Å². The van der Waals surface area contributed by atoms with E-state index in [1.54, 1.807) is 36.4 Å². The Bertz CT molecular complexity index is 1050. The molecule has 1 aliphatic rings. The fraction of sp³-hybridized carbons (Fsp3) is 0.200. The monoisotopic (exact) mass is 367 g/mol. The van der Waals surface area contributed by atoms with Crippen molar-refractivity contribution in [3.63, 3.8) is 0 Å². The maximum absolute atomic E-state index is 12.6. The number of fused-ring (bicyclic) bond motifs is 1. The van der Waals surface area contributed by atoms with Crippen molar-refractivity contribution in [3.05, 3.63) is 70.1 Å². The summed E-state index contributed by atoms with van der Waals surface area (Å²) in [6.07, 6.45) is 0.261. The summed E-state index contributed by atoms with van der Waals surface area (Å²) in [5, 5.41) is 13.3. The standard InChI is InChI=1S/C20H17NO6/c22-16-7-6-13(20-25-8-3-9-26-20)11-15(16)21-18(23)14-10-12-4-1-2-5-17(12)27-19(14)24/h1-2,4-7,10-11,20,22H,3,8-9H2,(H,21,23). The van der Waals surface area contributed by atoms with E-state index in [0.717, 1.165) is 6.42 Å². The molecule has 7 nitrogen and oxygen atoms in total. The Morgan fingerprint density at radius 1 is 1.07 bits per heavy atom. The molecule has 1 aliphatic heterocycles. The quantitative estimate of drug-likeness (QED) is 0.545. The van der Waals surface area contributed by atoms with Gasteiger partial charge in [0, 0.05) is 10.9 Å². The molecule has 1 aromatic heterocycles. The maximum Gasteiger partial charge on any atom is 0.349 e. The van der Waals surface area contributed by atoms with Crippen molar-refractivity contribution in [3.8, 4) is 5.75 Å². The lowest BCUT2D eigenvalue weighted by Crippen LogP contribution is -2.21. The first kappa shape index (κ1) is 17.3. The molecule has 2 heterocycles. The smallest absolute Gasteiger partial charge is 0.349 e. The van der Waals surface area contributed by atoms with Gasteiger partial charge in [-0.1, -0.05) is 24.3 Å². The molecule has 7 heteroatoms. The van der Waals surface area contributed by atoms with Crippen LogP contribution in [0.5, 0.6) is 5.75 Å². The summed E-state index contributed by atoms with van der Waals surface area (Å²) >= 11 is 0. The Kier molecular flexibility index (Phi) is 4.62. The fourth-order valence-electron chi connectivity index (χ4n) is 2.89. The molecule has 0 atom stereocenters. The molecule has 0 aliphatic carbocycles. The molecule has 0 saturated carbocycles. The number of phenolic OH excluding ortho intramolecular Hbond substituents is 1. The van der Waals surface area contributed by atoms with Gasteiger partial charge in [-0.3, -0.25) is 4.79 Å². The molecule has 2 aromatic carbocycles. The Labute approximate surface area is 154 Å². The summed E-state index contributed by atoms with van der Waals surface area (Å²) in [5.74, 6) is -0.805. The number of carbonyl (C=O) groups is 1. The minimum absolute atomic E-state index is 0.131. The van der Waals surface area contributed by atoms with Gasteiger partial charge in [-0.2, -0.15) is 0 Å². The number of phenols is 1. The molecule has 0 unspecified atom stereocenters. The van der Waals surface area contributed by atoms with E-state index < -0.39 is 17.8 Å². The van der Waals surface area contributed by atoms with Crippen LogP contribution < -0.4 is 10.9 Å². The van der Waals surface area contributed by atoms with Gasteiger partial charge in [0.25, 0.3) is 5.91 Å². The van der Waals surface area contributed by atoms with E-state index >= 15 is 0 Å². The third-order valence-electron chi connectivity index (χ3n) is 4.25. The number of hydrogen-bond acceptors (Lipinski definition) is 6. The number of rotatable bonds is 3. The van der Waals surface area contributed by atoms with Gasteiger partial charge in [0.15, 0.2) is 6.29 Å². The highest BCUT2D eigenvalue weighted by Crippen LogP contribution is 2.30. The van der Waals surface area contributed by atoms with Crippen molar-refractivity contribution in [2.24, 2.45) is 0 Å². The second kappa shape index (κ2) is 7.22. The molecule has 1 saturated heterocycles. The Morgan fingerprint density at radius 2 is 1.85 bits per heavy atom. The van der Waals surface area contributed by atoms with Crippen molar-refractivity contribution >= 4 is 22.6 Å². The van der Waals surface area contributed by atoms with Gasteiger partial charge in [0.2, 0.25) is 0 Å². The van der Waals surface area contributed by atoms with Crippen LogP contribution in [0.15, 0.2) is 57.7 Å². The van der Waals surface area contributed by atoms with E-state index in [1.165, 1.54) is 12.1 Å². The highest BCUT2D eigenvalue weighted by atomic mass is 16.7. The molecule has 138 valence electrons. The summed E-state index contributed by atoms with van der Waals surface area (Å²) in [7, 11) is 0. The minimum atomic E-state index is -0.749. The highest BCUT2D eigenvalue weighted by Gasteiger charge is 2.20. The number of amides is 1. The van der Waals surface area contributed by atoms with Crippen molar-refractivity contribution in [1.82, 2.24) is 0 Å². The summed E-state index contributed by atoms with van der Waals surface area (Å²) in [5.41, 5.74) is 0.316. The number of nitrogens with one attached hydrogen (secondary N) is 1. The van der Waals surface area contributed by atoms with Gasteiger partial charge >= 0.3 is 5.63 Å². The van der Waals surface area contributed by atoms with Crippen LogP contribution in [0.25, 0.3) is 11.0 Å². The zero-order chi connectivity index (χ0) is 18.8. The van der Waals surface area contributed by atoms with Crippen molar-refractivity contribution in [2.45, 2.75) is 12.7 Å². The third-order valence-corrected chi connectivity index (χ3v) is 4.25. The molecule has 27 heavy (non-hydrogen) atoms.